The first-order valence-electron chi connectivity index (χ1n) is 5.10. The number of hydrogen-bond donors (Lipinski definition) is 0. The maximum atomic E-state index is 5.51. The fraction of sp³-hybridized carbons (Fsp3) is 0.500. The van der Waals surface area contributed by atoms with Gasteiger partial charge < -0.3 is 14.2 Å². The lowest BCUT2D eigenvalue weighted by atomic mass is 10.0. The van der Waals surface area contributed by atoms with Crippen molar-refractivity contribution < 1.29 is 14.2 Å². The summed E-state index contributed by atoms with van der Waals surface area (Å²) in [6, 6.07) is 4.01. The molecule has 1 aliphatic rings. The summed E-state index contributed by atoms with van der Waals surface area (Å²) in [5, 5.41) is 0. The topological polar surface area (TPSA) is 27.7 Å². The molecule has 0 spiro atoms. The molecule has 15 heavy (non-hydrogen) atoms. The number of rotatable bonds is 2. The molecule has 1 fully saturated rings. The van der Waals surface area contributed by atoms with Crippen molar-refractivity contribution in [2.75, 3.05) is 20.3 Å². The molecule has 1 aliphatic heterocycles. The number of methoxy groups -OCH3 is 1. The van der Waals surface area contributed by atoms with Crippen LogP contribution in [-0.2, 0) is 9.47 Å². The van der Waals surface area contributed by atoms with E-state index in [1.165, 1.54) is 0 Å². The van der Waals surface area contributed by atoms with E-state index < -0.39 is 0 Å². The van der Waals surface area contributed by atoms with E-state index in [1.807, 2.05) is 12.1 Å². The van der Waals surface area contributed by atoms with Crippen molar-refractivity contribution in [2.24, 2.45) is 0 Å². The highest BCUT2D eigenvalue weighted by Gasteiger charge is 2.22. The van der Waals surface area contributed by atoms with Gasteiger partial charge in [-0.1, -0.05) is 0 Å². The van der Waals surface area contributed by atoms with Crippen LogP contribution in [0.4, 0.5) is 0 Å². The van der Waals surface area contributed by atoms with E-state index in [0.29, 0.717) is 13.2 Å². The van der Waals surface area contributed by atoms with Crippen LogP contribution >= 0.6 is 0 Å². The fourth-order valence-corrected chi connectivity index (χ4v) is 1.95. The summed E-state index contributed by atoms with van der Waals surface area (Å²) in [6.07, 6.45) is -0.198. The van der Waals surface area contributed by atoms with Crippen LogP contribution in [0.1, 0.15) is 23.0 Å². The van der Waals surface area contributed by atoms with Gasteiger partial charge in [0.2, 0.25) is 0 Å². The minimum atomic E-state index is -0.198. The first-order chi connectivity index (χ1) is 7.22. The first-order valence-corrected chi connectivity index (χ1v) is 5.10. The molecule has 1 heterocycles. The molecule has 0 unspecified atom stereocenters. The molecule has 0 N–H and O–H groups in total. The van der Waals surface area contributed by atoms with Crippen molar-refractivity contribution in [1.29, 1.82) is 0 Å². The lowest BCUT2D eigenvalue weighted by molar-refractivity contribution is -0.0449. The lowest BCUT2D eigenvalue weighted by Gasteiger charge is -2.16. The van der Waals surface area contributed by atoms with Gasteiger partial charge in [-0.05, 0) is 37.1 Å². The largest absolute Gasteiger partial charge is 0.497 e. The van der Waals surface area contributed by atoms with Crippen LogP contribution in [0.5, 0.6) is 5.75 Å². The van der Waals surface area contributed by atoms with E-state index in [0.717, 1.165) is 22.4 Å². The third-order valence-corrected chi connectivity index (χ3v) is 2.66. The summed E-state index contributed by atoms with van der Waals surface area (Å²) in [5.41, 5.74) is 3.44. The summed E-state index contributed by atoms with van der Waals surface area (Å²) in [7, 11) is 1.68. The van der Waals surface area contributed by atoms with E-state index in [2.05, 4.69) is 13.8 Å². The van der Waals surface area contributed by atoms with E-state index in [9.17, 15) is 0 Å². The van der Waals surface area contributed by atoms with Gasteiger partial charge in [0.05, 0.1) is 20.3 Å². The Labute approximate surface area is 90.0 Å². The normalized spacial score (nSPS) is 17.0. The zero-order valence-electron chi connectivity index (χ0n) is 9.37. The van der Waals surface area contributed by atoms with Crippen molar-refractivity contribution in [3.05, 3.63) is 28.8 Å². The molecule has 0 radical (unpaired) electrons. The van der Waals surface area contributed by atoms with Gasteiger partial charge in [0.15, 0.2) is 6.29 Å². The highest BCUT2D eigenvalue weighted by atomic mass is 16.7. The fourth-order valence-electron chi connectivity index (χ4n) is 1.95. The lowest BCUT2D eigenvalue weighted by Crippen LogP contribution is -2.04. The molecule has 0 amide bonds. The van der Waals surface area contributed by atoms with Crippen LogP contribution in [0, 0.1) is 13.8 Å². The van der Waals surface area contributed by atoms with Gasteiger partial charge in [-0.2, -0.15) is 0 Å². The summed E-state index contributed by atoms with van der Waals surface area (Å²) in [5.74, 6) is 0.881. The molecule has 1 aromatic carbocycles. The second kappa shape index (κ2) is 4.21. The quantitative estimate of drug-likeness (QED) is 0.746. The molecular weight excluding hydrogens is 192 g/mol. The van der Waals surface area contributed by atoms with Gasteiger partial charge in [0, 0.05) is 5.56 Å². The Kier molecular flexibility index (Phi) is 2.93. The van der Waals surface area contributed by atoms with Crippen molar-refractivity contribution in [1.82, 2.24) is 0 Å². The maximum absolute atomic E-state index is 5.51. The Morgan fingerprint density at radius 2 is 1.67 bits per heavy atom. The third-order valence-electron chi connectivity index (χ3n) is 2.66. The van der Waals surface area contributed by atoms with Crippen LogP contribution < -0.4 is 4.74 Å². The zero-order valence-corrected chi connectivity index (χ0v) is 9.37. The van der Waals surface area contributed by atoms with Gasteiger partial charge in [0.1, 0.15) is 5.75 Å². The zero-order chi connectivity index (χ0) is 10.8. The highest BCUT2D eigenvalue weighted by Crippen LogP contribution is 2.31. The van der Waals surface area contributed by atoms with Crippen LogP contribution in [0.2, 0.25) is 0 Å². The standard InChI is InChI=1S/C12H16O3/c1-8-6-10(13-3)7-9(2)11(8)12-14-4-5-15-12/h6-7,12H,4-5H2,1-3H3. The molecule has 3 heteroatoms. The van der Waals surface area contributed by atoms with Crippen molar-refractivity contribution in [3.63, 3.8) is 0 Å². The van der Waals surface area contributed by atoms with Crippen LogP contribution in [-0.4, -0.2) is 20.3 Å². The van der Waals surface area contributed by atoms with Crippen molar-refractivity contribution >= 4 is 0 Å². The molecule has 82 valence electrons. The molecule has 2 rings (SSSR count). The Morgan fingerprint density at radius 1 is 1.13 bits per heavy atom. The average Bonchev–Trinajstić information content (AvgIpc) is 2.69. The van der Waals surface area contributed by atoms with Crippen molar-refractivity contribution in [3.8, 4) is 5.75 Å². The van der Waals surface area contributed by atoms with E-state index in [1.54, 1.807) is 7.11 Å². The van der Waals surface area contributed by atoms with Gasteiger partial charge in [-0.25, -0.2) is 0 Å². The predicted octanol–water partition coefficient (Wildman–Crippen LogP) is 2.36. The minimum Gasteiger partial charge on any atom is -0.497 e. The smallest absolute Gasteiger partial charge is 0.184 e. The van der Waals surface area contributed by atoms with Crippen LogP contribution in [0.15, 0.2) is 12.1 Å². The molecule has 0 aliphatic carbocycles. The number of hydrogen-bond acceptors (Lipinski definition) is 3. The number of benzene rings is 1. The number of ether oxygens (including phenoxy) is 3. The Bertz CT molecular complexity index is 331. The molecule has 0 atom stereocenters. The Hall–Kier alpha value is -1.06. The molecule has 0 aromatic heterocycles. The molecular formula is C12H16O3. The first kappa shape index (κ1) is 10.5. The second-order valence-electron chi connectivity index (χ2n) is 3.75. The van der Waals surface area contributed by atoms with Crippen LogP contribution in [0.25, 0.3) is 0 Å². The van der Waals surface area contributed by atoms with Crippen LogP contribution in [0.3, 0.4) is 0 Å². The van der Waals surface area contributed by atoms with E-state index >= 15 is 0 Å². The molecule has 0 bridgehead atoms. The predicted molar refractivity (Wildman–Crippen MR) is 57.1 cm³/mol. The van der Waals surface area contributed by atoms with E-state index in [-0.39, 0.29) is 6.29 Å². The molecule has 1 aromatic rings. The maximum Gasteiger partial charge on any atom is 0.184 e. The SMILES string of the molecule is COc1cc(C)c(C2OCCO2)c(C)c1. The molecule has 0 saturated carbocycles. The van der Waals surface area contributed by atoms with Gasteiger partial charge in [-0.15, -0.1) is 0 Å². The summed E-state index contributed by atoms with van der Waals surface area (Å²) >= 11 is 0. The van der Waals surface area contributed by atoms with Gasteiger partial charge in [0.25, 0.3) is 0 Å². The third kappa shape index (κ3) is 1.98. The second-order valence-corrected chi connectivity index (χ2v) is 3.75. The molecule has 3 nitrogen and oxygen atoms in total. The monoisotopic (exact) mass is 208 g/mol. The van der Waals surface area contributed by atoms with Crippen molar-refractivity contribution in [2.45, 2.75) is 20.1 Å². The average molecular weight is 208 g/mol. The van der Waals surface area contributed by atoms with E-state index in [4.69, 9.17) is 14.2 Å². The minimum absolute atomic E-state index is 0.198. The van der Waals surface area contributed by atoms with Gasteiger partial charge >= 0.3 is 0 Å². The number of aryl methyl sites for hydroxylation is 2. The molecule has 1 saturated heterocycles. The Morgan fingerprint density at radius 3 is 2.13 bits per heavy atom. The highest BCUT2D eigenvalue weighted by molar-refractivity contribution is 5.41. The summed E-state index contributed by atoms with van der Waals surface area (Å²) < 4.78 is 16.2. The summed E-state index contributed by atoms with van der Waals surface area (Å²) in [6.45, 7) is 5.46. The Balaban J connectivity index is 2.37. The van der Waals surface area contributed by atoms with Gasteiger partial charge in [-0.3, -0.25) is 0 Å². The summed E-state index contributed by atoms with van der Waals surface area (Å²) in [4.78, 5) is 0.